The van der Waals surface area contributed by atoms with E-state index in [0.29, 0.717) is 35.2 Å². The van der Waals surface area contributed by atoms with Gasteiger partial charge in [-0.1, -0.05) is 29.8 Å². The van der Waals surface area contributed by atoms with Gasteiger partial charge in [0, 0.05) is 40.8 Å². The van der Waals surface area contributed by atoms with Crippen molar-refractivity contribution in [2.24, 2.45) is 0 Å². The molecule has 0 aliphatic carbocycles. The van der Waals surface area contributed by atoms with E-state index in [4.69, 9.17) is 21.1 Å². The van der Waals surface area contributed by atoms with E-state index in [2.05, 4.69) is 11.1 Å². The highest BCUT2D eigenvalue weighted by atomic mass is 35.5. The smallest absolute Gasteiger partial charge is 0.261 e. The van der Waals surface area contributed by atoms with Crippen LogP contribution < -0.4 is 9.47 Å². The van der Waals surface area contributed by atoms with Gasteiger partial charge in [-0.3, -0.25) is 4.79 Å². The largest absolute Gasteiger partial charge is 0.496 e. The molecule has 1 N–H and O–H groups in total. The summed E-state index contributed by atoms with van der Waals surface area (Å²) in [5.74, 6) is 0.954. The molecule has 0 spiro atoms. The molecule has 0 saturated carbocycles. The van der Waals surface area contributed by atoms with Gasteiger partial charge in [0.15, 0.2) is 0 Å². The van der Waals surface area contributed by atoms with Gasteiger partial charge in [-0.25, -0.2) is 0 Å². The highest BCUT2D eigenvalue weighted by Crippen LogP contribution is 2.33. The molecule has 1 amide bonds. The first-order valence-corrected chi connectivity index (χ1v) is 9.46. The number of hydrogen-bond acceptors (Lipinski definition) is 3. The van der Waals surface area contributed by atoms with Crippen LogP contribution in [0.1, 0.15) is 22.3 Å². The van der Waals surface area contributed by atoms with Crippen molar-refractivity contribution in [1.29, 1.82) is 0 Å². The molecule has 144 valence electrons. The molecule has 0 saturated heterocycles. The predicted octanol–water partition coefficient (Wildman–Crippen LogP) is 4.77. The number of H-pyrrole nitrogens is 1. The normalized spacial score (nSPS) is 14.1. The summed E-state index contributed by atoms with van der Waals surface area (Å²) in [7, 11) is 3.12. The minimum absolute atomic E-state index is 0.0877. The van der Waals surface area contributed by atoms with Gasteiger partial charge in [-0.15, -0.1) is 0 Å². The zero-order chi connectivity index (χ0) is 19.7. The van der Waals surface area contributed by atoms with E-state index < -0.39 is 0 Å². The van der Waals surface area contributed by atoms with E-state index in [1.165, 1.54) is 5.57 Å². The fourth-order valence-electron chi connectivity index (χ4n) is 3.68. The summed E-state index contributed by atoms with van der Waals surface area (Å²) in [6.45, 7) is 1.17. The number of methoxy groups -OCH3 is 2. The fraction of sp³-hybridized carbons (Fsp3) is 0.227. The van der Waals surface area contributed by atoms with Crippen molar-refractivity contribution < 1.29 is 14.3 Å². The van der Waals surface area contributed by atoms with Gasteiger partial charge in [0.25, 0.3) is 5.91 Å². The first-order valence-electron chi connectivity index (χ1n) is 9.08. The Kier molecular flexibility index (Phi) is 5.01. The summed E-state index contributed by atoms with van der Waals surface area (Å²) in [6, 6.07) is 11.2. The summed E-state index contributed by atoms with van der Waals surface area (Å²) >= 11 is 6.08. The van der Waals surface area contributed by atoms with Crippen LogP contribution in [0.4, 0.5) is 0 Å². The summed E-state index contributed by atoms with van der Waals surface area (Å²) < 4.78 is 10.8. The maximum atomic E-state index is 13.1. The molecule has 0 radical (unpaired) electrons. The monoisotopic (exact) mass is 396 g/mol. The number of ether oxygens (including phenoxy) is 2. The number of aromatic amines is 1. The number of nitrogens with one attached hydrogen (secondary N) is 1. The Labute approximate surface area is 168 Å². The Hall–Kier alpha value is -2.92. The highest BCUT2D eigenvalue weighted by Gasteiger charge is 2.25. The molecule has 1 aliphatic heterocycles. The third kappa shape index (κ3) is 3.22. The van der Waals surface area contributed by atoms with E-state index in [1.807, 2.05) is 35.4 Å². The van der Waals surface area contributed by atoms with Gasteiger partial charge in [0.1, 0.15) is 17.1 Å². The van der Waals surface area contributed by atoms with Gasteiger partial charge in [-0.05, 0) is 36.3 Å². The number of carbonyl (C=O) groups is 1. The molecular weight excluding hydrogens is 376 g/mol. The topological polar surface area (TPSA) is 54.6 Å². The third-order valence-electron chi connectivity index (χ3n) is 5.13. The Balaban J connectivity index is 1.60. The third-order valence-corrected chi connectivity index (χ3v) is 5.36. The van der Waals surface area contributed by atoms with Gasteiger partial charge in [0.2, 0.25) is 0 Å². The SMILES string of the molecule is COc1cccc(OC)c1C(=O)N1CC=C(c2c[nH]c3cc(Cl)ccc23)CC1. The Morgan fingerprint density at radius 2 is 1.89 bits per heavy atom. The van der Waals surface area contributed by atoms with Crippen LogP contribution in [0.2, 0.25) is 5.02 Å². The second-order valence-corrected chi connectivity index (χ2v) is 7.10. The number of nitrogens with zero attached hydrogens (tertiary/aromatic N) is 1. The van der Waals surface area contributed by atoms with Gasteiger partial charge < -0.3 is 19.4 Å². The second kappa shape index (κ2) is 7.60. The zero-order valence-electron chi connectivity index (χ0n) is 15.8. The Bertz CT molecular complexity index is 1050. The lowest BCUT2D eigenvalue weighted by Crippen LogP contribution is -2.35. The second-order valence-electron chi connectivity index (χ2n) is 6.66. The van der Waals surface area contributed by atoms with E-state index in [1.54, 1.807) is 26.4 Å². The zero-order valence-corrected chi connectivity index (χ0v) is 16.5. The molecule has 4 rings (SSSR count). The molecule has 5 nitrogen and oxygen atoms in total. The maximum Gasteiger partial charge on any atom is 0.261 e. The average Bonchev–Trinajstić information content (AvgIpc) is 3.15. The number of carbonyl (C=O) groups excluding carboxylic acids is 1. The summed E-state index contributed by atoms with van der Waals surface area (Å²) in [6.07, 6.45) is 4.90. The number of amides is 1. The maximum absolute atomic E-state index is 13.1. The van der Waals surface area contributed by atoms with Crippen LogP contribution in [-0.2, 0) is 0 Å². The molecule has 0 unspecified atom stereocenters. The number of aromatic nitrogens is 1. The van der Waals surface area contributed by atoms with Crippen molar-refractivity contribution in [3.63, 3.8) is 0 Å². The number of fused-ring (bicyclic) bond motifs is 1. The van der Waals surface area contributed by atoms with Crippen LogP contribution in [0.5, 0.6) is 11.5 Å². The lowest BCUT2D eigenvalue weighted by atomic mass is 9.98. The number of benzene rings is 2. The standard InChI is InChI=1S/C22H21ClN2O3/c1-27-19-4-3-5-20(28-2)21(19)22(26)25-10-8-14(9-11-25)17-13-24-18-12-15(23)6-7-16(17)18/h3-8,12-13,24H,9-11H2,1-2H3. The Morgan fingerprint density at radius 3 is 2.54 bits per heavy atom. The van der Waals surface area contributed by atoms with Crippen LogP contribution in [-0.4, -0.2) is 43.1 Å². The Morgan fingerprint density at radius 1 is 1.14 bits per heavy atom. The molecule has 2 aromatic carbocycles. The lowest BCUT2D eigenvalue weighted by Gasteiger charge is -2.27. The minimum atomic E-state index is -0.0877. The van der Waals surface area contributed by atoms with E-state index in [0.717, 1.165) is 22.9 Å². The lowest BCUT2D eigenvalue weighted by molar-refractivity contribution is 0.0766. The van der Waals surface area contributed by atoms with E-state index in [-0.39, 0.29) is 5.91 Å². The number of rotatable bonds is 4. The molecular formula is C22H21ClN2O3. The molecule has 2 heterocycles. The van der Waals surface area contributed by atoms with Crippen LogP contribution in [0.3, 0.4) is 0 Å². The van der Waals surface area contributed by atoms with Gasteiger partial charge in [-0.2, -0.15) is 0 Å². The average molecular weight is 397 g/mol. The van der Waals surface area contributed by atoms with Crippen molar-refractivity contribution in [1.82, 2.24) is 9.88 Å². The molecule has 1 aliphatic rings. The highest BCUT2D eigenvalue weighted by molar-refractivity contribution is 6.31. The summed E-state index contributed by atoms with van der Waals surface area (Å²) in [4.78, 5) is 18.2. The molecule has 1 aromatic heterocycles. The number of hydrogen-bond donors (Lipinski definition) is 1. The van der Waals surface area contributed by atoms with E-state index in [9.17, 15) is 4.79 Å². The molecule has 6 heteroatoms. The van der Waals surface area contributed by atoms with Gasteiger partial charge >= 0.3 is 0 Å². The summed E-state index contributed by atoms with van der Waals surface area (Å²) in [5, 5.41) is 1.85. The van der Waals surface area contributed by atoms with Crippen molar-refractivity contribution in [2.45, 2.75) is 6.42 Å². The van der Waals surface area contributed by atoms with Crippen molar-refractivity contribution in [2.75, 3.05) is 27.3 Å². The van der Waals surface area contributed by atoms with Crippen molar-refractivity contribution in [3.8, 4) is 11.5 Å². The molecule has 0 fully saturated rings. The van der Waals surface area contributed by atoms with Crippen LogP contribution >= 0.6 is 11.6 Å². The fourth-order valence-corrected chi connectivity index (χ4v) is 3.85. The molecule has 3 aromatic rings. The van der Waals surface area contributed by atoms with Crippen molar-refractivity contribution >= 4 is 34.0 Å². The molecule has 28 heavy (non-hydrogen) atoms. The minimum Gasteiger partial charge on any atom is -0.496 e. The van der Waals surface area contributed by atoms with Crippen LogP contribution in [0.15, 0.2) is 48.7 Å². The van der Waals surface area contributed by atoms with Crippen molar-refractivity contribution in [3.05, 3.63) is 64.8 Å². The van der Waals surface area contributed by atoms with Gasteiger partial charge in [0.05, 0.1) is 14.2 Å². The number of halogens is 1. The van der Waals surface area contributed by atoms with Crippen LogP contribution in [0.25, 0.3) is 16.5 Å². The first kappa shape index (κ1) is 18.4. The summed E-state index contributed by atoms with van der Waals surface area (Å²) in [5.41, 5.74) is 3.87. The predicted molar refractivity (Wildman–Crippen MR) is 111 cm³/mol. The van der Waals surface area contributed by atoms with E-state index >= 15 is 0 Å². The molecule has 0 bridgehead atoms. The quantitative estimate of drug-likeness (QED) is 0.691. The first-order chi connectivity index (χ1) is 13.6. The van der Waals surface area contributed by atoms with Crippen LogP contribution in [0, 0.1) is 0 Å². The molecule has 0 atom stereocenters.